The summed E-state index contributed by atoms with van der Waals surface area (Å²) in [7, 11) is 0. The van der Waals surface area contributed by atoms with E-state index in [0.717, 1.165) is 22.0 Å². The summed E-state index contributed by atoms with van der Waals surface area (Å²) in [5.74, 6) is 0.284. The lowest BCUT2D eigenvalue weighted by atomic mass is 10.1. The number of hydrogen-bond donors (Lipinski definition) is 1. The van der Waals surface area contributed by atoms with Crippen LogP contribution >= 0.6 is 11.3 Å². The van der Waals surface area contributed by atoms with Crippen molar-refractivity contribution < 1.29 is 5.11 Å². The second kappa shape index (κ2) is 8.78. The van der Waals surface area contributed by atoms with E-state index < -0.39 is 0 Å². The molecule has 0 radical (unpaired) electrons. The quantitative estimate of drug-likeness (QED) is 0.647. The molecule has 114 valence electrons. The molecule has 0 bridgehead atoms. The third-order valence-corrected chi connectivity index (χ3v) is 4.61. The van der Waals surface area contributed by atoms with E-state index in [1.165, 1.54) is 44.9 Å². The van der Waals surface area contributed by atoms with Crippen LogP contribution in [0.2, 0.25) is 0 Å². The van der Waals surface area contributed by atoms with Crippen molar-refractivity contribution in [1.29, 1.82) is 0 Å². The van der Waals surface area contributed by atoms with E-state index in [4.69, 9.17) is 0 Å². The zero-order valence-corrected chi connectivity index (χ0v) is 13.5. The fourth-order valence-corrected chi connectivity index (χ4v) is 3.20. The van der Waals surface area contributed by atoms with Gasteiger partial charge >= 0.3 is 0 Å². The maximum absolute atomic E-state index is 9.30. The van der Waals surface area contributed by atoms with Gasteiger partial charge in [0.15, 0.2) is 0 Å². The van der Waals surface area contributed by atoms with Crippen molar-refractivity contribution in [1.82, 2.24) is 10.2 Å². The Balaban J connectivity index is 1.72. The number of aromatic hydroxyl groups is 1. The van der Waals surface area contributed by atoms with E-state index >= 15 is 0 Å². The molecule has 1 N–H and O–H groups in total. The molecule has 1 heterocycles. The summed E-state index contributed by atoms with van der Waals surface area (Å²) < 4.78 is 0. The van der Waals surface area contributed by atoms with Gasteiger partial charge in [-0.05, 0) is 30.7 Å². The molecule has 21 heavy (non-hydrogen) atoms. The van der Waals surface area contributed by atoms with E-state index in [0.29, 0.717) is 0 Å². The third kappa shape index (κ3) is 5.46. The topological polar surface area (TPSA) is 46.0 Å². The predicted molar refractivity (Wildman–Crippen MR) is 88.7 cm³/mol. The van der Waals surface area contributed by atoms with Crippen molar-refractivity contribution in [3.63, 3.8) is 0 Å². The average molecular weight is 304 g/mol. The molecule has 0 saturated carbocycles. The smallest absolute Gasteiger partial charge is 0.147 e. The van der Waals surface area contributed by atoms with E-state index in [-0.39, 0.29) is 5.75 Å². The number of unbranched alkanes of at least 4 members (excludes halogenated alkanes) is 6. The van der Waals surface area contributed by atoms with Crippen molar-refractivity contribution >= 4 is 11.3 Å². The van der Waals surface area contributed by atoms with Crippen LogP contribution in [0.1, 0.15) is 56.9 Å². The van der Waals surface area contributed by atoms with Gasteiger partial charge in [0, 0.05) is 12.0 Å². The first-order chi connectivity index (χ1) is 10.3. The molecule has 3 nitrogen and oxygen atoms in total. The second-order valence-electron chi connectivity index (χ2n) is 5.42. The summed E-state index contributed by atoms with van der Waals surface area (Å²) in [6, 6.07) is 7.14. The number of aromatic nitrogens is 2. The predicted octanol–water partition coefficient (Wildman–Crippen LogP) is 5.20. The highest BCUT2D eigenvalue weighted by Crippen LogP contribution is 2.25. The first-order valence-electron chi connectivity index (χ1n) is 7.91. The third-order valence-electron chi connectivity index (χ3n) is 3.58. The van der Waals surface area contributed by atoms with Crippen molar-refractivity contribution in [3.05, 3.63) is 29.3 Å². The van der Waals surface area contributed by atoms with Crippen LogP contribution < -0.4 is 0 Å². The van der Waals surface area contributed by atoms with Crippen LogP contribution in [-0.2, 0) is 6.42 Å². The second-order valence-corrected chi connectivity index (χ2v) is 6.48. The Labute approximate surface area is 131 Å². The van der Waals surface area contributed by atoms with Gasteiger partial charge in [0.25, 0.3) is 0 Å². The van der Waals surface area contributed by atoms with Crippen LogP contribution in [0.3, 0.4) is 0 Å². The molecule has 0 atom stereocenters. The lowest BCUT2D eigenvalue weighted by Gasteiger charge is -1.99. The van der Waals surface area contributed by atoms with Crippen molar-refractivity contribution in [3.8, 4) is 16.3 Å². The van der Waals surface area contributed by atoms with Gasteiger partial charge in [-0.3, -0.25) is 0 Å². The number of nitrogens with zero attached hydrogens (tertiary/aromatic N) is 2. The average Bonchev–Trinajstić information content (AvgIpc) is 2.96. The maximum atomic E-state index is 9.30. The van der Waals surface area contributed by atoms with Crippen LogP contribution in [0.15, 0.2) is 24.3 Å². The number of phenolic OH excluding ortho intramolecular Hbond substituents is 1. The zero-order chi connectivity index (χ0) is 14.9. The van der Waals surface area contributed by atoms with Gasteiger partial charge in [-0.2, -0.15) is 0 Å². The largest absolute Gasteiger partial charge is 0.508 e. The fraction of sp³-hybridized carbons (Fsp3) is 0.529. The van der Waals surface area contributed by atoms with E-state index in [9.17, 15) is 5.11 Å². The Bertz CT molecular complexity index is 522. The van der Waals surface area contributed by atoms with Gasteiger partial charge in [-0.25, -0.2) is 0 Å². The Morgan fingerprint density at radius 1 is 0.905 bits per heavy atom. The standard InChI is InChI=1S/C17H24N2OS/c1-2-3-4-5-6-7-8-9-16-18-19-17(21-16)14-10-12-15(20)13-11-14/h10-13,20H,2-9H2,1H3. The minimum atomic E-state index is 0.284. The monoisotopic (exact) mass is 304 g/mol. The number of phenols is 1. The highest BCUT2D eigenvalue weighted by molar-refractivity contribution is 7.14. The summed E-state index contributed by atoms with van der Waals surface area (Å²) >= 11 is 1.66. The molecule has 1 aromatic heterocycles. The Morgan fingerprint density at radius 2 is 1.57 bits per heavy atom. The molecule has 1 aromatic carbocycles. The Hall–Kier alpha value is -1.42. The summed E-state index contributed by atoms with van der Waals surface area (Å²) in [5, 5.41) is 19.9. The van der Waals surface area contributed by atoms with E-state index in [1.807, 2.05) is 12.1 Å². The molecule has 0 spiro atoms. The van der Waals surface area contributed by atoms with Crippen LogP contribution in [0.4, 0.5) is 0 Å². The molecule has 0 fully saturated rings. The summed E-state index contributed by atoms with van der Waals surface area (Å²) in [4.78, 5) is 0. The van der Waals surface area contributed by atoms with Gasteiger partial charge in [0.1, 0.15) is 15.8 Å². The molecule has 0 saturated heterocycles. The van der Waals surface area contributed by atoms with Gasteiger partial charge in [0.05, 0.1) is 0 Å². The van der Waals surface area contributed by atoms with Crippen LogP contribution in [0.5, 0.6) is 5.75 Å². The summed E-state index contributed by atoms with van der Waals surface area (Å²) in [6.45, 7) is 2.25. The van der Waals surface area contributed by atoms with Crippen molar-refractivity contribution in [2.75, 3.05) is 0 Å². The van der Waals surface area contributed by atoms with Crippen molar-refractivity contribution in [2.24, 2.45) is 0 Å². The minimum Gasteiger partial charge on any atom is -0.508 e. The van der Waals surface area contributed by atoms with Crippen LogP contribution in [0, 0.1) is 0 Å². The normalized spacial score (nSPS) is 10.9. The number of rotatable bonds is 9. The highest BCUT2D eigenvalue weighted by atomic mass is 32.1. The molecule has 2 aromatic rings. The first kappa shape index (κ1) is 16.0. The van der Waals surface area contributed by atoms with Crippen molar-refractivity contribution in [2.45, 2.75) is 58.3 Å². The fourth-order valence-electron chi connectivity index (χ4n) is 2.31. The molecule has 0 unspecified atom stereocenters. The first-order valence-corrected chi connectivity index (χ1v) is 8.73. The van der Waals surface area contributed by atoms with Gasteiger partial charge in [-0.15, -0.1) is 10.2 Å². The SMILES string of the molecule is CCCCCCCCCc1nnc(-c2ccc(O)cc2)s1. The molecule has 0 amide bonds. The number of aryl methyl sites for hydroxylation is 1. The molecule has 4 heteroatoms. The van der Waals surface area contributed by atoms with Crippen LogP contribution in [0.25, 0.3) is 10.6 Å². The molecule has 2 rings (SSSR count). The van der Waals surface area contributed by atoms with E-state index in [2.05, 4.69) is 17.1 Å². The molecule has 0 aliphatic carbocycles. The number of hydrogen-bond acceptors (Lipinski definition) is 4. The zero-order valence-electron chi connectivity index (χ0n) is 12.7. The van der Waals surface area contributed by atoms with Gasteiger partial charge in [-0.1, -0.05) is 56.8 Å². The van der Waals surface area contributed by atoms with Crippen LogP contribution in [-0.4, -0.2) is 15.3 Å². The Morgan fingerprint density at radius 3 is 2.29 bits per heavy atom. The molecular formula is C17H24N2OS. The summed E-state index contributed by atoms with van der Waals surface area (Å²) in [5.41, 5.74) is 1.02. The summed E-state index contributed by atoms with van der Waals surface area (Å²) in [6.07, 6.45) is 10.3. The lowest BCUT2D eigenvalue weighted by molar-refractivity contribution is 0.475. The highest BCUT2D eigenvalue weighted by Gasteiger charge is 2.06. The number of benzene rings is 1. The maximum Gasteiger partial charge on any atom is 0.147 e. The van der Waals surface area contributed by atoms with Gasteiger partial charge < -0.3 is 5.11 Å². The van der Waals surface area contributed by atoms with E-state index in [1.54, 1.807) is 23.5 Å². The van der Waals surface area contributed by atoms with Gasteiger partial charge in [0.2, 0.25) is 0 Å². The Kier molecular flexibility index (Phi) is 6.67. The molecule has 0 aliphatic rings. The molecular weight excluding hydrogens is 280 g/mol. The molecule has 0 aliphatic heterocycles. The minimum absolute atomic E-state index is 0.284. The lowest BCUT2D eigenvalue weighted by Crippen LogP contribution is -1.85.